The predicted octanol–water partition coefficient (Wildman–Crippen LogP) is 1.41. The van der Waals surface area contributed by atoms with Crippen molar-refractivity contribution in [3.8, 4) is 0 Å². The molecular formula is C13H18N4O2. The molecule has 2 aromatic rings. The molecule has 0 aliphatic carbocycles. The van der Waals surface area contributed by atoms with E-state index in [4.69, 9.17) is 5.11 Å². The maximum Gasteiger partial charge on any atom is 0.307 e. The summed E-state index contributed by atoms with van der Waals surface area (Å²) in [4.78, 5) is 14.8. The van der Waals surface area contributed by atoms with Crippen LogP contribution >= 0.6 is 0 Å². The van der Waals surface area contributed by atoms with Crippen molar-refractivity contribution in [2.45, 2.75) is 39.8 Å². The number of hydrogen-bond donors (Lipinski definition) is 1. The Kier molecular flexibility index (Phi) is 3.99. The minimum Gasteiger partial charge on any atom is -0.481 e. The van der Waals surface area contributed by atoms with E-state index in [2.05, 4.69) is 10.1 Å². The molecule has 2 aromatic heterocycles. The van der Waals surface area contributed by atoms with Crippen molar-refractivity contribution in [3.05, 3.63) is 35.7 Å². The first-order chi connectivity index (χ1) is 9.08. The van der Waals surface area contributed by atoms with Gasteiger partial charge in [-0.15, -0.1) is 0 Å². The van der Waals surface area contributed by atoms with Crippen molar-refractivity contribution in [2.24, 2.45) is 0 Å². The van der Waals surface area contributed by atoms with Crippen LogP contribution in [-0.4, -0.2) is 30.4 Å². The van der Waals surface area contributed by atoms with Crippen molar-refractivity contribution >= 4 is 5.97 Å². The molecule has 0 radical (unpaired) electrons. The second-order valence-electron chi connectivity index (χ2n) is 4.60. The summed E-state index contributed by atoms with van der Waals surface area (Å²) in [5.41, 5.74) is 2.59. The van der Waals surface area contributed by atoms with E-state index in [1.54, 1.807) is 12.5 Å². The zero-order valence-corrected chi connectivity index (χ0v) is 11.2. The number of carboxylic acids is 1. The van der Waals surface area contributed by atoms with E-state index in [1.807, 2.05) is 29.3 Å². The Balaban J connectivity index is 1.98. The standard InChI is InChI=1S/C13H18N4O2/c1-10-12(8-13(18)19)11(2)17(15-10)6-3-5-16-7-4-14-9-16/h4,7,9H,3,5-6,8H2,1-2H3,(H,18,19). The van der Waals surface area contributed by atoms with Crippen LogP contribution in [0.3, 0.4) is 0 Å². The van der Waals surface area contributed by atoms with Crippen LogP contribution in [0.2, 0.25) is 0 Å². The van der Waals surface area contributed by atoms with Gasteiger partial charge in [0, 0.05) is 36.7 Å². The smallest absolute Gasteiger partial charge is 0.307 e. The van der Waals surface area contributed by atoms with Crippen LogP contribution in [0, 0.1) is 13.8 Å². The molecule has 0 fully saturated rings. The summed E-state index contributed by atoms with van der Waals surface area (Å²) in [5, 5.41) is 13.3. The Morgan fingerprint density at radius 2 is 2.16 bits per heavy atom. The van der Waals surface area contributed by atoms with Gasteiger partial charge in [0.2, 0.25) is 0 Å². The molecule has 6 heteroatoms. The number of aryl methyl sites for hydroxylation is 3. The summed E-state index contributed by atoms with van der Waals surface area (Å²) in [6.07, 6.45) is 6.45. The highest BCUT2D eigenvalue weighted by atomic mass is 16.4. The van der Waals surface area contributed by atoms with E-state index >= 15 is 0 Å². The molecule has 1 N–H and O–H groups in total. The van der Waals surface area contributed by atoms with Crippen LogP contribution in [-0.2, 0) is 24.3 Å². The highest BCUT2D eigenvalue weighted by Crippen LogP contribution is 2.14. The molecule has 0 bridgehead atoms. The van der Waals surface area contributed by atoms with Crippen LogP contribution in [0.4, 0.5) is 0 Å². The van der Waals surface area contributed by atoms with Crippen LogP contribution in [0.25, 0.3) is 0 Å². The fourth-order valence-electron chi connectivity index (χ4n) is 2.18. The number of imidazole rings is 1. The van der Waals surface area contributed by atoms with Gasteiger partial charge in [0.15, 0.2) is 0 Å². The van der Waals surface area contributed by atoms with Crippen molar-refractivity contribution in [2.75, 3.05) is 0 Å². The molecule has 102 valence electrons. The highest BCUT2D eigenvalue weighted by Gasteiger charge is 2.13. The quantitative estimate of drug-likeness (QED) is 0.854. The predicted molar refractivity (Wildman–Crippen MR) is 69.9 cm³/mol. The molecule has 2 heterocycles. The van der Waals surface area contributed by atoms with Gasteiger partial charge in [-0.1, -0.05) is 0 Å². The van der Waals surface area contributed by atoms with Gasteiger partial charge in [-0.05, 0) is 20.3 Å². The number of aromatic nitrogens is 4. The van der Waals surface area contributed by atoms with Gasteiger partial charge in [-0.3, -0.25) is 9.48 Å². The fraction of sp³-hybridized carbons (Fsp3) is 0.462. The molecule has 0 aliphatic heterocycles. The second kappa shape index (κ2) is 5.69. The third-order valence-electron chi connectivity index (χ3n) is 3.20. The molecule has 0 amide bonds. The van der Waals surface area contributed by atoms with Crippen molar-refractivity contribution in [1.82, 2.24) is 19.3 Å². The number of nitrogens with zero attached hydrogens (tertiary/aromatic N) is 4. The minimum atomic E-state index is -0.816. The largest absolute Gasteiger partial charge is 0.481 e. The Bertz CT molecular complexity index is 557. The van der Waals surface area contributed by atoms with Gasteiger partial charge in [-0.25, -0.2) is 4.98 Å². The van der Waals surface area contributed by atoms with E-state index in [0.29, 0.717) is 0 Å². The number of hydrogen-bond acceptors (Lipinski definition) is 3. The third-order valence-corrected chi connectivity index (χ3v) is 3.20. The molecule has 0 atom stereocenters. The lowest BCUT2D eigenvalue weighted by Crippen LogP contribution is -2.07. The van der Waals surface area contributed by atoms with Crippen molar-refractivity contribution in [1.29, 1.82) is 0 Å². The number of rotatable bonds is 6. The van der Waals surface area contributed by atoms with Gasteiger partial charge in [0.05, 0.1) is 18.4 Å². The Hall–Kier alpha value is -2.11. The molecule has 0 unspecified atom stereocenters. The first kappa shape index (κ1) is 13.3. The van der Waals surface area contributed by atoms with Crippen LogP contribution in [0.1, 0.15) is 23.4 Å². The number of carbonyl (C=O) groups is 1. The zero-order chi connectivity index (χ0) is 13.8. The molecule has 0 spiro atoms. The lowest BCUT2D eigenvalue weighted by Gasteiger charge is -2.05. The van der Waals surface area contributed by atoms with Crippen LogP contribution in [0.5, 0.6) is 0 Å². The van der Waals surface area contributed by atoms with Gasteiger partial charge in [0.25, 0.3) is 0 Å². The highest BCUT2D eigenvalue weighted by molar-refractivity contribution is 5.70. The SMILES string of the molecule is Cc1nn(CCCn2ccnc2)c(C)c1CC(=O)O. The second-order valence-corrected chi connectivity index (χ2v) is 4.60. The van der Waals surface area contributed by atoms with E-state index < -0.39 is 5.97 Å². The molecule has 2 rings (SSSR count). The Morgan fingerprint density at radius 1 is 1.37 bits per heavy atom. The van der Waals surface area contributed by atoms with Crippen molar-refractivity contribution < 1.29 is 9.90 Å². The van der Waals surface area contributed by atoms with Crippen molar-refractivity contribution in [3.63, 3.8) is 0 Å². The first-order valence-electron chi connectivity index (χ1n) is 6.28. The molecule has 0 saturated heterocycles. The van der Waals surface area contributed by atoms with Gasteiger partial charge >= 0.3 is 5.97 Å². The van der Waals surface area contributed by atoms with E-state index in [9.17, 15) is 4.79 Å². The lowest BCUT2D eigenvalue weighted by molar-refractivity contribution is -0.136. The monoisotopic (exact) mass is 262 g/mol. The molecule has 0 saturated carbocycles. The lowest BCUT2D eigenvalue weighted by atomic mass is 10.1. The first-order valence-corrected chi connectivity index (χ1v) is 6.28. The molecule has 6 nitrogen and oxygen atoms in total. The Labute approximate surface area is 111 Å². The number of carboxylic acid groups (broad SMARTS) is 1. The zero-order valence-electron chi connectivity index (χ0n) is 11.2. The van der Waals surface area contributed by atoms with E-state index in [1.165, 1.54) is 0 Å². The third kappa shape index (κ3) is 3.21. The summed E-state index contributed by atoms with van der Waals surface area (Å²) in [6.45, 7) is 5.45. The maximum absolute atomic E-state index is 10.8. The van der Waals surface area contributed by atoms with Gasteiger partial charge in [-0.2, -0.15) is 5.10 Å². The molecule has 0 aliphatic rings. The average Bonchev–Trinajstić information content (AvgIpc) is 2.94. The molecular weight excluding hydrogens is 244 g/mol. The summed E-state index contributed by atoms with van der Waals surface area (Å²) < 4.78 is 3.91. The summed E-state index contributed by atoms with van der Waals surface area (Å²) in [6, 6.07) is 0. The van der Waals surface area contributed by atoms with Crippen LogP contribution < -0.4 is 0 Å². The van der Waals surface area contributed by atoms with Gasteiger partial charge in [0.1, 0.15) is 0 Å². The molecule has 19 heavy (non-hydrogen) atoms. The summed E-state index contributed by atoms with van der Waals surface area (Å²) >= 11 is 0. The average molecular weight is 262 g/mol. The Morgan fingerprint density at radius 3 is 2.79 bits per heavy atom. The van der Waals surface area contributed by atoms with E-state index in [-0.39, 0.29) is 6.42 Å². The molecule has 0 aromatic carbocycles. The topological polar surface area (TPSA) is 72.9 Å². The number of aliphatic carboxylic acids is 1. The maximum atomic E-state index is 10.8. The minimum absolute atomic E-state index is 0.0409. The van der Waals surface area contributed by atoms with Gasteiger partial charge < -0.3 is 9.67 Å². The summed E-state index contributed by atoms with van der Waals surface area (Å²) in [7, 11) is 0. The van der Waals surface area contributed by atoms with E-state index in [0.717, 1.165) is 36.5 Å². The van der Waals surface area contributed by atoms with Crippen LogP contribution in [0.15, 0.2) is 18.7 Å². The fourth-order valence-corrected chi connectivity index (χ4v) is 2.18. The summed E-state index contributed by atoms with van der Waals surface area (Å²) in [5.74, 6) is -0.816. The normalized spacial score (nSPS) is 10.8.